The first-order valence-electron chi connectivity index (χ1n) is 5.96. The molecule has 1 aromatic heterocycles. The smallest absolute Gasteiger partial charge is 0.268 e. The molecule has 0 radical (unpaired) electrons. The van der Waals surface area contributed by atoms with Crippen LogP contribution in [0.4, 0.5) is 0 Å². The van der Waals surface area contributed by atoms with Crippen LogP contribution in [0.5, 0.6) is 0 Å². The number of Topliss-reactive ketones (excluding diaryl/α,β-unsaturated/α-hetero) is 1. The number of ether oxygens (including phenoxy) is 1. The van der Waals surface area contributed by atoms with Crippen molar-refractivity contribution in [3.05, 3.63) is 28.2 Å². The zero-order valence-corrected chi connectivity index (χ0v) is 12.4. The van der Waals surface area contributed by atoms with Crippen LogP contribution in [0.2, 0.25) is 25.7 Å². The fourth-order valence-corrected chi connectivity index (χ4v) is 2.02. The van der Waals surface area contributed by atoms with E-state index in [1.54, 1.807) is 0 Å². The summed E-state index contributed by atoms with van der Waals surface area (Å²) in [5.41, 5.74) is 0.0244. The SMILES string of the molecule is CC(=O)c1ccc(=O)n(COCC[Si](C)(C)C)n1. The maximum absolute atomic E-state index is 11.5. The fourth-order valence-electron chi connectivity index (χ4n) is 1.26. The van der Waals surface area contributed by atoms with Gasteiger partial charge in [-0.2, -0.15) is 5.10 Å². The van der Waals surface area contributed by atoms with Crippen LogP contribution in [0.15, 0.2) is 16.9 Å². The van der Waals surface area contributed by atoms with Crippen LogP contribution in [-0.4, -0.2) is 30.2 Å². The fraction of sp³-hybridized carbons (Fsp3) is 0.583. The molecule has 0 spiro atoms. The van der Waals surface area contributed by atoms with E-state index < -0.39 is 8.07 Å². The molecule has 0 bridgehead atoms. The highest BCUT2D eigenvalue weighted by Crippen LogP contribution is 2.07. The second kappa shape index (κ2) is 6.06. The molecule has 0 N–H and O–H groups in total. The molecule has 0 atom stereocenters. The predicted octanol–water partition coefficient (Wildman–Crippen LogP) is 1.76. The summed E-state index contributed by atoms with van der Waals surface area (Å²) in [5, 5.41) is 3.95. The van der Waals surface area contributed by atoms with Crippen LogP contribution in [0.1, 0.15) is 17.4 Å². The van der Waals surface area contributed by atoms with Gasteiger partial charge in [0.15, 0.2) is 5.78 Å². The van der Waals surface area contributed by atoms with Gasteiger partial charge in [0.05, 0.1) is 0 Å². The molecule has 0 fully saturated rings. The molecule has 0 aliphatic carbocycles. The Hall–Kier alpha value is -1.27. The number of carbonyl (C=O) groups excluding carboxylic acids is 1. The topological polar surface area (TPSA) is 61.2 Å². The minimum Gasteiger partial charge on any atom is -0.359 e. The largest absolute Gasteiger partial charge is 0.359 e. The highest BCUT2D eigenvalue weighted by atomic mass is 28.3. The molecule has 6 heteroatoms. The molecule has 0 aliphatic heterocycles. The van der Waals surface area contributed by atoms with Gasteiger partial charge in [-0.25, -0.2) is 4.68 Å². The summed E-state index contributed by atoms with van der Waals surface area (Å²) in [4.78, 5) is 22.7. The highest BCUT2D eigenvalue weighted by molar-refractivity contribution is 6.76. The van der Waals surface area contributed by atoms with Crippen molar-refractivity contribution in [1.82, 2.24) is 9.78 Å². The van der Waals surface area contributed by atoms with E-state index >= 15 is 0 Å². The number of nitrogens with zero attached hydrogens (tertiary/aromatic N) is 2. The van der Waals surface area contributed by atoms with Crippen LogP contribution in [-0.2, 0) is 11.5 Å². The summed E-state index contributed by atoms with van der Waals surface area (Å²) in [6, 6.07) is 3.81. The number of aromatic nitrogens is 2. The van der Waals surface area contributed by atoms with Crippen molar-refractivity contribution < 1.29 is 9.53 Å². The first-order chi connectivity index (χ1) is 8.29. The molecule has 0 amide bonds. The van der Waals surface area contributed by atoms with E-state index in [4.69, 9.17) is 4.74 Å². The van der Waals surface area contributed by atoms with E-state index in [0.717, 1.165) is 6.04 Å². The normalized spacial score (nSPS) is 11.6. The number of hydrogen-bond donors (Lipinski definition) is 0. The first kappa shape index (κ1) is 14.8. The molecule has 18 heavy (non-hydrogen) atoms. The summed E-state index contributed by atoms with van der Waals surface area (Å²) in [6.45, 7) is 8.92. The van der Waals surface area contributed by atoms with Gasteiger partial charge in [0.1, 0.15) is 12.4 Å². The highest BCUT2D eigenvalue weighted by Gasteiger charge is 2.12. The maximum Gasteiger partial charge on any atom is 0.268 e. The second-order valence-corrected chi connectivity index (χ2v) is 11.1. The molecule has 0 unspecified atom stereocenters. The van der Waals surface area contributed by atoms with E-state index in [1.165, 1.54) is 23.7 Å². The summed E-state index contributed by atoms with van der Waals surface area (Å²) in [6.07, 6.45) is 0. The van der Waals surface area contributed by atoms with Crippen LogP contribution < -0.4 is 5.56 Å². The van der Waals surface area contributed by atoms with Gasteiger partial charge in [-0.3, -0.25) is 9.59 Å². The van der Waals surface area contributed by atoms with Gasteiger partial charge in [-0.05, 0) is 12.1 Å². The first-order valence-corrected chi connectivity index (χ1v) is 9.67. The lowest BCUT2D eigenvalue weighted by molar-refractivity contribution is 0.0739. The van der Waals surface area contributed by atoms with E-state index in [-0.39, 0.29) is 23.8 Å². The number of rotatable bonds is 6. The van der Waals surface area contributed by atoms with E-state index in [1.807, 2.05) is 0 Å². The summed E-state index contributed by atoms with van der Waals surface area (Å²) in [7, 11) is -1.12. The third kappa shape index (κ3) is 4.93. The van der Waals surface area contributed by atoms with Crippen molar-refractivity contribution >= 4 is 13.9 Å². The average molecular weight is 268 g/mol. The molecule has 0 aromatic carbocycles. The van der Waals surface area contributed by atoms with Crippen molar-refractivity contribution in [2.24, 2.45) is 0 Å². The van der Waals surface area contributed by atoms with Crippen molar-refractivity contribution in [3.8, 4) is 0 Å². The second-order valence-electron chi connectivity index (χ2n) is 5.46. The quantitative estimate of drug-likeness (QED) is 0.448. The molecular weight excluding hydrogens is 248 g/mol. The van der Waals surface area contributed by atoms with Gasteiger partial charge in [0, 0.05) is 27.7 Å². The molecular formula is C12H20N2O3Si. The average Bonchev–Trinajstić information content (AvgIpc) is 2.24. The monoisotopic (exact) mass is 268 g/mol. The van der Waals surface area contributed by atoms with Gasteiger partial charge < -0.3 is 4.74 Å². The molecule has 1 heterocycles. The standard InChI is InChI=1S/C12H20N2O3Si/c1-10(15)11-5-6-12(16)14(13-11)9-17-7-8-18(2,3)4/h5-6H,7-9H2,1-4H3. The Labute approximate surface area is 108 Å². The van der Waals surface area contributed by atoms with Crippen molar-refractivity contribution in [2.75, 3.05) is 6.61 Å². The Kier molecular flexibility index (Phi) is 4.98. The summed E-state index contributed by atoms with van der Waals surface area (Å²) >= 11 is 0. The van der Waals surface area contributed by atoms with Gasteiger partial charge in [-0.1, -0.05) is 19.6 Å². The third-order valence-electron chi connectivity index (χ3n) is 2.44. The lowest BCUT2D eigenvalue weighted by atomic mass is 10.3. The van der Waals surface area contributed by atoms with Crippen molar-refractivity contribution in [2.45, 2.75) is 39.3 Å². The van der Waals surface area contributed by atoms with Gasteiger partial charge >= 0.3 is 0 Å². The molecule has 0 aliphatic rings. The van der Waals surface area contributed by atoms with Crippen LogP contribution in [0.25, 0.3) is 0 Å². The number of carbonyl (C=O) groups is 1. The van der Waals surface area contributed by atoms with Gasteiger partial charge in [-0.15, -0.1) is 0 Å². The number of hydrogen-bond acceptors (Lipinski definition) is 4. The minimum absolute atomic E-state index is 0.102. The number of ketones is 1. The van der Waals surface area contributed by atoms with Crippen molar-refractivity contribution in [1.29, 1.82) is 0 Å². The zero-order valence-electron chi connectivity index (χ0n) is 11.4. The molecule has 5 nitrogen and oxygen atoms in total. The molecule has 100 valence electrons. The van der Waals surface area contributed by atoms with Crippen LogP contribution >= 0.6 is 0 Å². The minimum atomic E-state index is -1.12. The zero-order chi connectivity index (χ0) is 13.8. The molecule has 0 saturated heterocycles. The van der Waals surface area contributed by atoms with Crippen LogP contribution in [0.3, 0.4) is 0 Å². The molecule has 0 saturated carbocycles. The Morgan fingerprint density at radius 3 is 2.61 bits per heavy atom. The van der Waals surface area contributed by atoms with Crippen molar-refractivity contribution in [3.63, 3.8) is 0 Å². The summed E-state index contributed by atoms with van der Waals surface area (Å²) in [5.74, 6) is -0.161. The maximum atomic E-state index is 11.5. The Morgan fingerprint density at radius 2 is 2.06 bits per heavy atom. The Morgan fingerprint density at radius 1 is 1.39 bits per heavy atom. The summed E-state index contributed by atoms with van der Waals surface area (Å²) < 4.78 is 6.62. The van der Waals surface area contributed by atoms with Gasteiger partial charge in [0.2, 0.25) is 0 Å². The Bertz CT molecular complexity index is 477. The lowest BCUT2D eigenvalue weighted by Crippen LogP contribution is -2.27. The third-order valence-corrected chi connectivity index (χ3v) is 4.14. The lowest BCUT2D eigenvalue weighted by Gasteiger charge is -2.15. The molecule has 1 rings (SSSR count). The van der Waals surface area contributed by atoms with E-state index in [0.29, 0.717) is 6.61 Å². The van der Waals surface area contributed by atoms with E-state index in [2.05, 4.69) is 24.7 Å². The predicted molar refractivity (Wildman–Crippen MR) is 72.6 cm³/mol. The Balaban J connectivity index is 2.59. The van der Waals surface area contributed by atoms with Gasteiger partial charge in [0.25, 0.3) is 5.56 Å². The molecule has 1 aromatic rings. The van der Waals surface area contributed by atoms with E-state index in [9.17, 15) is 9.59 Å². The van der Waals surface area contributed by atoms with Crippen LogP contribution in [0, 0.1) is 0 Å².